The van der Waals surface area contributed by atoms with Crippen molar-refractivity contribution in [2.45, 2.75) is 25.4 Å². The van der Waals surface area contributed by atoms with Gasteiger partial charge in [-0.05, 0) is 18.6 Å². The van der Waals surface area contributed by atoms with E-state index in [0.29, 0.717) is 0 Å². The van der Waals surface area contributed by atoms with Crippen molar-refractivity contribution in [3.05, 3.63) is 29.3 Å². The highest BCUT2D eigenvalue weighted by Crippen LogP contribution is 2.22. The maximum Gasteiger partial charge on any atom is 0.322 e. The lowest BCUT2D eigenvalue weighted by Gasteiger charge is -2.15. The standard InChI is InChI=1S/C14H15F2N3O4/c1-23-10-4-2-8(15)7(12(10)16)6-17-13(21)9-3-5-11(20)19-14(22)18-9/h2,4,9H,3,5-6H2,1H3,(H,17,21)(H2,18,19,20,22)/t9-/m0/s1. The molecule has 0 spiro atoms. The Bertz CT molecular complexity index is 651. The van der Waals surface area contributed by atoms with Crippen molar-refractivity contribution < 1.29 is 27.9 Å². The number of ether oxygens (including phenoxy) is 1. The van der Waals surface area contributed by atoms with E-state index in [1.165, 1.54) is 7.11 Å². The highest BCUT2D eigenvalue weighted by molar-refractivity contribution is 5.98. The predicted octanol–water partition coefficient (Wildman–Crippen LogP) is 0.578. The zero-order valence-corrected chi connectivity index (χ0v) is 12.2. The van der Waals surface area contributed by atoms with Gasteiger partial charge in [-0.2, -0.15) is 0 Å². The summed E-state index contributed by atoms with van der Waals surface area (Å²) in [4.78, 5) is 34.5. The average Bonchev–Trinajstić information content (AvgIpc) is 2.67. The Morgan fingerprint density at radius 1 is 1.39 bits per heavy atom. The number of urea groups is 1. The summed E-state index contributed by atoms with van der Waals surface area (Å²) >= 11 is 0. The molecule has 1 aromatic rings. The van der Waals surface area contributed by atoms with Crippen LogP contribution in [0.25, 0.3) is 0 Å². The largest absolute Gasteiger partial charge is 0.494 e. The van der Waals surface area contributed by atoms with Crippen molar-refractivity contribution in [1.29, 1.82) is 0 Å². The molecule has 9 heteroatoms. The van der Waals surface area contributed by atoms with Crippen molar-refractivity contribution in [1.82, 2.24) is 16.0 Å². The molecular formula is C14H15F2N3O4. The second-order valence-electron chi connectivity index (χ2n) is 4.87. The fourth-order valence-corrected chi connectivity index (χ4v) is 2.12. The monoisotopic (exact) mass is 327 g/mol. The molecule has 1 fully saturated rings. The van der Waals surface area contributed by atoms with Crippen molar-refractivity contribution in [3.8, 4) is 5.75 Å². The van der Waals surface area contributed by atoms with E-state index in [-0.39, 0.29) is 24.2 Å². The van der Waals surface area contributed by atoms with Crippen LogP contribution in [-0.4, -0.2) is 31.0 Å². The van der Waals surface area contributed by atoms with Crippen LogP contribution < -0.4 is 20.7 Å². The molecule has 1 saturated heterocycles. The van der Waals surface area contributed by atoms with Crippen LogP contribution in [-0.2, 0) is 16.1 Å². The van der Waals surface area contributed by atoms with Crippen LogP contribution in [0.3, 0.4) is 0 Å². The Kier molecular flexibility index (Phi) is 5.09. The van der Waals surface area contributed by atoms with E-state index in [1.54, 1.807) is 0 Å². The van der Waals surface area contributed by atoms with Gasteiger partial charge in [-0.15, -0.1) is 0 Å². The third kappa shape index (κ3) is 3.93. The SMILES string of the molecule is COc1ccc(F)c(CNC(=O)[C@@H]2CCC(=O)NC(=O)N2)c1F. The number of hydrogen-bond donors (Lipinski definition) is 3. The summed E-state index contributed by atoms with van der Waals surface area (Å²) in [7, 11) is 1.24. The molecular weight excluding hydrogens is 312 g/mol. The zero-order chi connectivity index (χ0) is 17.0. The number of amides is 4. The van der Waals surface area contributed by atoms with Gasteiger partial charge in [-0.3, -0.25) is 14.9 Å². The first-order valence-corrected chi connectivity index (χ1v) is 6.81. The molecule has 0 saturated carbocycles. The smallest absolute Gasteiger partial charge is 0.322 e. The predicted molar refractivity (Wildman–Crippen MR) is 74.5 cm³/mol. The minimum Gasteiger partial charge on any atom is -0.494 e. The highest BCUT2D eigenvalue weighted by Gasteiger charge is 2.26. The molecule has 7 nitrogen and oxygen atoms in total. The molecule has 0 unspecified atom stereocenters. The molecule has 1 aliphatic rings. The van der Waals surface area contributed by atoms with E-state index < -0.39 is 42.1 Å². The Labute approximate surface area is 130 Å². The number of carbonyl (C=O) groups excluding carboxylic acids is 3. The summed E-state index contributed by atoms with van der Waals surface area (Å²) in [6.45, 7) is -0.415. The molecule has 1 heterocycles. The van der Waals surface area contributed by atoms with Crippen molar-refractivity contribution in [2.24, 2.45) is 0 Å². The fraction of sp³-hybridized carbons (Fsp3) is 0.357. The van der Waals surface area contributed by atoms with Gasteiger partial charge in [0.15, 0.2) is 11.6 Å². The number of halogens is 2. The van der Waals surface area contributed by atoms with Crippen LogP contribution in [0.15, 0.2) is 12.1 Å². The third-order valence-electron chi connectivity index (χ3n) is 3.34. The maximum absolute atomic E-state index is 14.0. The molecule has 0 aliphatic carbocycles. The number of imide groups is 1. The third-order valence-corrected chi connectivity index (χ3v) is 3.34. The summed E-state index contributed by atoms with van der Waals surface area (Å²) in [5, 5.41) is 6.67. The lowest BCUT2D eigenvalue weighted by atomic mass is 10.1. The first kappa shape index (κ1) is 16.7. The topological polar surface area (TPSA) is 96.5 Å². The summed E-state index contributed by atoms with van der Waals surface area (Å²) in [5.74, 6) is -3.02. The Morgan fingerprint density at radius 2 is 2.13 bits per heavy atom. The van der Waals surface area contributed by atoms with E-state index in [0.717, 1.165) is 12.1 Å². The number of methoxy groups -OCH3 is 1. The molecule has 0 bridgehead atoms. The average molecular weight is 327 g/mol. The van der Waals surface area contributed by atoms with Crippen LogP contribution in [0.5, 0.6) is 5.75 Å². The second kappa shape index (κ2) is 7.03. The number of nitrogens with one attached hydrogen (secondary N) is 3. The van der Waals surface area contributed by atoms with Crippen LogP contribution in [0.2, 0.25) is 0 Å². The number of benzene rings is 1. The number of hydrogen-bond acceptors (Lipinski definition) is 4. The summed E-state index contributed by atoms with van der Waals surface area (Å²) in [5.41, 5.74) is -0.355. The molecule has 1 aliphatic heterocycles. The van der Waals surface area contributed by atoms with Gasteiger partial charge in [0.2, 0.25) is 11.8 Å². The second-order valence-corrected chi connectivity index (χ2v) is 4.87. The Hall–Kier alpha value is -2.71. The van der Waals surface area contributed by atoms with Gasteiger partial charge in [-0.25, -0.2) is 13.6 Å². The molecule has 1 aromatic carbocycles. The van der Waals surface area contributed by atoms with Crippen molar-refractivity contribution in [3.63, 3.8) is 0 Å². The summed E-state index contributed by atoms with van der Waals surface area (Å²) < 4.78 is 32.4. The molecule has 0 radical (unpaired) electrons. The molecule has 0 aromatic heterocycles. The van der Waals surface area contributed by atoms with Crippen molar-refractivity contribution >= 4 is 17.8 Å². The number of rotatable bonds is 4. The molecule has 2 rings (SSSR count). The Balaban J connectivity index is 2.04. The molecule has 1 atom stereocenters. The van der Waals surface area contributed by atoms with E-state index in [9.17, 15) is 23.2 Å². The minimum absolute atomic E-state index is 0.0152. The molecule has 124 valence electrons. The van der Waals surface area contributed by atoms with E-state index in [1.807, 2.05) is 5.32 Å². The zero-order valence-electron chi connectivity index (χ0n) is 12.2. The van der Waals surface area contributed by atoms with Gasteiger partial charge in [-0.1, -0.05) is 0 Å². The number of carbonyl (C=O) groups is 3. The quantitative estimate of drug-likeness (QED) is 0.753. The van der Waals surface area contributed by atoms with Gasteiger partial charge >= 0.3 is 6.03 Å². The van der Waals surface area contributed by atoms with E-state index in [2.05, 4.69) is 10.6 Å². The van der Waals surface area contributed by atoms with Crippen LogP contribution in [0.4, 0.5) is 13.6 Å². The van der Waals surface area contributed by atoms with E-state index in [4.69, 9.17) is 4.74 Å². The van der Waals surface area contributed by atoms with E-state index >= 15 is 0 Å². The summed E-state index contributed by atoms with van der Waals surface area (Å²) in [6.07, 6.45) is 0.0746. The first-order valence-electron chi connectivity index (χ1n) is 6.81. The molecule has 4 amide bonds. The molecule has 23 heavy (non-hydrogen) atoms. The van der Waals surface area contributed by atoms with Gasteiger partial charge in [0.1, 0.15) is 11.9 Å². The van der Waals surface area contributed by atoms with Gasteiger partial charge in [0, 0.05) is 18.5 Å². The van der Waals surface area contributed by atoms with Gasteiger partial charge in [0.25, 0.3) is 0 Å². The van der Waals surface area contributed by atoms with Crippen LogP contribution >= 0.6 is 0 Å². The summed E-state index contributed by atoms with van der Waals surface area (Å²) in [6, 6.07) is 0.419. The highest BCUT2D eigenvalue weighted by atomic mass is 19.1. The van der Waals surface area contributed by atoms with Gasteiger partial charge < -0.3 is 15.4 Å². The molecule has 3 N–H and O–H groups in total. The van der Waals surface area contributed by atoms with Crippen LogP contribution in [0.1, 0.15) is 18.4 Å². The van der Waals surface area contributed by atoms with Crippen LogP contribution in [0, 0.1) is 11.6 Å². The maximum atomic E-state index is 14.0. The first-order chi connectivity index (χ1) is 10.9. The van der Waals surface area contributed by atoms with Crippen molar-refractivity contribution in [2.75, 3.05) is 7.11 Å². The van der Waals surface area contributed by atoms with Gasteiger partial charge in [0.05, 0.1) is 7.11 Å². The lowest BCUT2D eigenvalue weighted by molar-refractivity contribution is -0.123. The normalized spacial score (nSPS) is 17.8. The Morgan fingerprint density at radius 3 is 2.83 bits per heavy atom. The minimum atomic E-state index is -0.960. The fourth-order valence-electron chi connectivity index (χ4n) is 2.12. The lowest BCUT2D eigenvalue weighted by Crippen LogP contribution is -2.48.